The number of hydrogen-bond acceptors (Lipinski definition) is 4. The molecule has 0 saturated carbocycles. The van der Waals surface area contributed by atoms with E-state index in [1.807, 2.05) is 24.3 Å². The van der Waals surface area contributed by atoms with E-state index in [1.54, 1.807) is 48.7 Å². The largest absolute Gasteiger partial charge is 0.497 e. The zero-order valence-corrected chi connectivity index (χ0v) is 11.9. The van der Waals surface area contributed by atoms with Gasteiger partial charge >= 0.3 is 0 Å². The highest BCUT2D eigenvalue weighted by Gasteiger charge is 2.10. The van der Waals surface area contributed by atoms with Crippen LogP contribution in [0, 0.1) is 0 Å². The zero-order chi connectivity index (χ0) is 15.4. The van der Waals surface area contributed by atoms with E-state index in [4.69, 9.17) is 4.74 Å². The van der Waals surface area contributed by atoms with E-state index in [0.29, 0.717) is 11.4 Å². The molecular formula is C16H14N4O2. The van der Waals surface area contributed by atoms with Crippen LogP contribution in [-0.4, -0.2) is 27.6 Å². The molecule has 1 aromatic carbocycles. The summed E-state index contributed by atoms with van der Waals surface area (Å²) in [5.74, 6) is 0.499. The van der Waals surface area contributed by atoms with Gasteiger partial charge in [-0.2, -0.15) is 0 Å². The maximum atomic E-state index is 12.1. The van der Waals surface area contributed by atoms with Crippen LogP contribution in [0.15, 0.2) is 61.3 Å². The van der Waals surface area contributed by atoms with Gasteiger partial charge in [0.25, 0.3) is 5.91 Å². The molecule has 0 aliphatic carbocycles. The average molecular weight is 294 g/mol. The number of nitrogens with zero attached hydrogens (tertiary/aromatic N) is 3. The minimum Gasteiger partial charge on any atom is -0.497 e. The van der Waals surface area contributed by atoms with Crippen LogP contribution < -0.4 is 10.1 Å². The summed E-state index contributed by atoms with van der Waals surface area (Å²) in [5.41, 5.74) is 1.86. The Labute approximate surface area is 127 Å². The van der Waals surface area contributed by atoms with Gasteiger partial charge in [-0.25, -0.2) is 4.98 Å². The number of hydrogen-bond donors (Lipinski definition) is 1. The van der Waals surface area contributed by atoms with Crippen molar-refractivity contribution in [3.8, 4) is 11.4 Å². The molecule has 0 radical (unpaired) electrons. The molecule has 2 heterocycles. The van der Waals surface area contributed by atoms with Crippen molar-refractivity contribution in [1.29, 1.82) is 0 Å². The van der Waals surface area contributed by atoms with Gasteiger partial charge in [-0.3, -0.25) is 9.78 Å². The molecular weight excluding hydrogens is 280 g/mol. The average Bonchev–Trinajstić information content (AvgIpc) is 3.06. The topological polar surface area (TPSA) is 69.0 Å². The Morgan fingerprint density at radius 1 is 1.23 bits per heavy atom. The Kier molecular flexibility index (Phi) is 3.82. The van der Waals surface area contributed by atoms with Crippen molar-refractivity contribution in [2.45, 2.75) is 0 Å². The third kappa shape index (κ3) is 2.95. The number of amides is 1. The molecule has 1 N–H and O–H groups in total. The number of pyridine rings is 1. The van der Waals surface area contributed by atoms with Crippen LogP contribution in [0.1, 0.15) is 10.5 Å². The monoisotopic (exact) mass is 294 g/mol. The molecule has 0 bridgehead atoms. The predicted octanol–water partition coefficient (Wildman–Crippen LogP) is 2.53. The fraction of sp³-hybridized carbons (Fsp3) is 0.0625. The van der Waals surface area contributed by atoms with E-state index in [1.165, 1.54) is 0 Å². The summed E-state index contributed by atoms with van der Waals surface area (Å²) in [7, 11) is 1.62. The van der Waals surface area contributed by atoms with E-state index >= 15 is 0 Å². The molecule has 110 valence electrons. The second-order valence-corrected chi connectivity index (χ2v) is 4.56. The lowest BCUT2D eigenvalue weighted by molar-refractivity contribution is 0.102. The summed E-state index contributed by atoms with van der Waals surface area (Å²) in [6.45, 7) is 0. The van der Waals surface area contributed by atoms with Gasteiger partial charge in [0.2, 0.25) is 0 Å². The fourth-order valence-corrected chi connectivity index (χ4v) is 1.97. The van der Waals surface area contributed by atoms with Crippen LogP contribution in [0.4, 0.5) is 5.69 Å². The number of anilines is 1. The minimum absolute atomic E-state index is 0.278. The van der Waals surface area contributed by atoms with Crippen LogP contribution >= 0.6 is 0 Å². The number of ether oxygens (including phenoxy) is 1. The molecule has 22 heavy (non-hydrogen) atoms. The van der Waals surface area contributed by atoms with Crippen LogP contribution in [0.5, 0.6) is 5.75 Å². The lowest BCUT2D eigenvalue weighted by Gasteiger charge is -2.04. The summed E-state index contributed by atoms with van der Waals surface area (Å²) in [6.07, 6.45) is 6.50. The second kappa shape index (κ2) is 6.09. The molecule has 3 aromatic rings. The van der Waals surface area contributed by atoms with Crippen LogP contribution in [0.2, 0.25) is 0 Å². The predicted molar refractivity (Wildman–Crippen MR) is 82.3 cm³/mol. The van der Waals surface area contributed by atoms with Gasteiger partial charge in [-0.1, -0.05) is 0 Å². The Balaban J connectivity index is 1.76. The summed E-state index contributed by atoms with van der Waals surface area (Å²) < 4.78 is 6.90. The number of carbonyl (C=O) groups excluding carboxylic acids is 1. The summed E-state index contributed by atoms with van der Waals surface area (Å²) in [6, 6.07) is 11.0. The third-order valence-corrected chi connectivity index (χ3v) is 3.11. The van der Waals surface area contributed by atoms with Crippen molar-refractivity contribution in [3.63, 3.8) is 0 Å². The van der Waals surface area contributed by atoms with Crippen molar-refractivity contribution in [3.05, 3.63) is 67.0 Å². The second-order valence-electron chi connectivity index (χ2n) is 4.56. The standard InChI is InChI=1S/C16H14N4O2/c1-22-14-6-4-13(5-7-14)20-10-15(18-11-20)16(21)19-12-3-2-8-17-9-12/h2-11H,1H3,(H,19,21). The molecule has 2 aromatic heterocycles. The maximum Gasteiger partial charge on any atom is 0.275 e. The molecule has 0 spiro atoms. The summed E-state index contributed by atoms with van der Waals surface area (Å²) in [4.78, 5) is 20.2. The van der Waals surface area contributed by atoms with Crippen LogP contribution in [-0.2, 0) is 0 Å². The first-order valence-electron chi connectivity index (χ1n) is 6.66. The molecule has 0 fully saturated rings. The first-order valence-corrected chi connectivity index (χ1v) is 6.66. The van der Waals surface area contributed by atoms with Gasteiger partial charge in [0.05, 0.1) is 19.0 Å². The van der Waals surface area contributed by atoms with E-state index in [0.717, 1.165) is 11.4 Å². The molecule has 0 atom stereocenters. The SMILES string of the molecule is COc1ccc(-n2cnc(C(=O)Nc3cccnc3)c2)cc1. The molecule has 0 aliphatic rings. The number of rotatable bonds is 4. The van der Waals surface area contributed by atoms with Crippen LogP contribution in [0.25, 0.3) is 5.69 Å². The molecule has 0 saturated heterocycles. The molecule has 6 nitrogen and oxygen atoms in total. The van der Waals surface area contributed by atoms with Gasteiger partial charge in [0, 0.05) is 18.1 Å². The quantitative estimate of drug-likeness (QED) is 0.802. The number of methoxy groups -OCH3 is 1. The van der Waals surface area contributed by atoms with Gasteiger partial charge < -0.3 is 14.6 Å². The number of nitrogens with one attached hydrogen (secondary N) is 1. The van der Waals surface area contributed by atoms with Crippen molar-refractivity contribution >= 4 is 11.6 Å². The lowest BCUT2D eigenvalue weighted by Crippen LogP contribution is -2.12. The number of imidazole rings is 1. The summed E-state index contributed by atoms with van der Waals surface area (Å²) >= 11 is 0. The first-order chi connectivity index (χ1) is 10.8. The number of carbonyl (C=O) groups is 1. The zero-order valence-electron chi connectivity index (χ0n) is 11.9. The first kappa shape index (κ1) is 13.8. The molecule has 1 amide bonds. The molecule has 6 heteroatoms. The van der Waals surface area contributed by atoms with Gasteiger partial charge in [0.15, 0.2) is 0 Å². The Bertz CT molecular complexity index is 766. The third-order valence-electron chi connectivity index (χ3n) is 3.11. The van der Waals surface area contributed by atoms with Gasteiger partial charge in [0.1, 0.15) is 17.8 Å². The van der Waals surface area contributed by atoms with Crippen molar-refractivity contribution < 1.29 is 9.53 Å². The number of benzene rings is 1. The fourth-order valence-electron chi connectivity index (χ4n) is 1.97. The van der Waals surface area contributed by atoms with Crippen molar-refractivity contribution in [2.75, 3.05) is 12.4 Å². The van der Waals surface area contributed by atoms with E-state index < -0.39 is 0 Å². The van der Waals surface area contributed by atoms with E-state index in [9.17, 15) is 4.79 Å². The van der Waals surface area contributed by atoms with Gasteiger partial charge in [-0.15, -0.1) is 0 Å². The smallest absolute Gasteiger partial charge is 0.275 e. The highest BCUT2D eigenvalue weighted by atomic mass is 16.5. The Morgan fingerprint density at radius 3 is 2.73 bits per heavy atom. The number of aromatic nitrogens is 3. The van der Waals surface area contributed by atoms with Crippen molar-refractivity contribution in [2.24, 2.45) is 0 Å². The minimum atomic E-state index is -0.278. The Morgan fingerprint density at radius 2 is 2.05 bits per heavy atom. The lowest BCUT2D eigenvalue weighted by atomic mass is 10.3. The van der Waals surface area contributed by atoms with E-state index in [-0.39, 0.29) is 5.91 Å². The maximum absolute atomic E-state index is 12.1. The highest BCUT2D eigenvalue weighted by Crippen LogP contribution is 2.15. The molecule has 0 aliphatic heterocycles. The van der Waals surface area contributed by atoms with Crippen molar-refractivity contribution in [1.82, 2.24) is 14.5 Å². The highest BCUT2D eigenvalue weighted by molar-refractivity contribution is 6.02. The van der Waals surface area contributed by atoms with Gasteiger partial charge in [-0.05, 0) is 36.4 Å². The molecule has 3 rings (SSSR count). The molecule has 0 unspecified atom stereocenters. The normalized spacial score (nSPS) is 10.2. The van der Waals surface area contributed by atoms with E-state index in [2.05, 4.69) is 15.3 Å². The van der Waals surface area contributed by atoms with Crippen LogP contribution in [0.3, 0.4) is 0 Å². The summed E-state index contributed by atoms with van der Waals surface area (Å²) in [5, 5.41) is 2.74. The Hall–Kier alpha value is -3.15.